The quantitative estimate of drug-likeness (QED) is 0.202. The fraction of sp³-hybridized carbons (Fsp3) is 0.386. The van der Waals surface area contributed by atoms with Gasteiger partial charge in [-0.25, -0.2) is 4.79 Å². The van der Waals surface area contributed by atoms with Gasteiger partial charge < -0.3 is 33.9 Å². The molecule has 3 amide bonds. The highest BCUT2D eigenvalue weighted by Crippen LogP contribution is 2.60. The van der Waals surface area contributed by atoms with Gasteiger partial charge in [-0.3, -0.25) is 14.5 Å². The van der Waals surface area contributed by atoms with Crippen LogP contribution in [0.1, 0.15) is 35.6 Å². The number of anilines is 2. The zero-order valence-electron chi connectivity index (χ0n) is 32.6. The van der Waals surface area contributed by atoms with Crippen molar-refractivity contribution in [3.05, 3.63) is 113 Å². The number of aliphatic hydroxyl groups is 1. The highest BCUT2D eigenvalue weighted by atomic mass is 28.3. The molecule has 2 fully saturated rings. The Hall–Kier alpha value is -5.17. The highest BCUT2D eigenvalue weighted by Gasteiger charge is 2.66. The van der Waals surface area contributed by atoms with Crippen LogP contribution < -0.4 is 24.5 Å². The summed E-state index contributed by atoms with van der Waals surface area (Å²) in [6, 6.07) is 29.1. The van der Waals surface area contributed by atoms with E-state index >= 15 is 4.79 Å². The second kappa shape index (κ2) is 14.7. The van der Waals surface area contributed by atoms with Gasteiger partial charge in [0.2, 0.25) is 5.91 Å². The average Bonchev–Trinajstić information content (AvgIpc) is 3.85. The average molecular weight is 776 g/mol. The smallest absolute Gasteiger partial charge is 0.414 e. The van der Waals surface area contributed by atoms with Crippen LogP contribution >= 0.6 is 0 Å². The molecule has 11 nitrogen and oxygen atoms in total. The molecule has 0 bridgehead atoms. The van der Waals surface area contributed by atoms with Crippen LogP contribution in [0.2, 0.25) is 18.6 Å². The number of benzene rings is 4. The van der Waals surface area contributed by atoms with Gasteiger partial charge in [-0.05, 0) is 71.1 Å². The lowest BCUT2D eigenvalue weighted by Crippen LogP contribution is -2.52. The molecule has 4 aliphatic rings. The van der Waals surface area contributed by atoms with E-state index in [9.17, 15) is 14.7 Å². The van der Waals surface area contributed by atoms with Crippen LogP contribution in [-0.2, 0) is 44.2 Å². The van der Waals surface area contributed by atoms with Crippen molar-refractivity contribution < 1.29 is 38.4 Å². The number of carbonyl (C=O) groups is 3. The molecule has 4 aliphatic heterocycles. The first-order valence-corrected chi connectivity index (χ1v) is 22.4. The third-order valence-electron chi connectivity index (χ3n) is 12.6. The summed E-state index contributed by atoms with van der Waals surface area (Å²) in [6.07, 6.45) is -0.369. The Bertz CT molecular complexity index is 2160. The maximum atomic E-state index is 15.4. The van der Waals surface area contributed by atoms with E-state index in [1.165, 1.54) is 5.19 Å². The summed E-state index contributed by atoms with van der Waals surface area (Å²) in [7, 11) is 0.702. The first-order chi connectivity index (χ1) is 27.0. The number of cyclic esters (lactones) is 1. The van der Waals surface area contributed by atoms with E-state index in [4.69, 9.17) is 18.9 Å². The Labute approximate surface area is 328 Å². The van der Waals surface area contributed by atoms with Gasteiger partial charge in [0.25, 0.3) is 5.91 Å². The van der Waals surface area contributed by atoms with Gasteiger partial charge in [-0.1, -0.05) is 73.7 Å². The van der Waals surface area contributed by atoms with Crippen molar-refractivity contribution in [1.29, 1.82) is 0 Å². The lowest BCUT2D eigenvalue weighted by Gasteiger charge is -2.39. The molecule has 0 aliphatic carbocycles. The van der Waals surface area contributed by atoms with Gasteiger partial charge in [0.1, 0.15) is 18.1 Å². The van der Waals surface area contributed by atoms with Gasteiger partial charge in [-0.15, -0.1) is 0 Å². The molecular weight excluding hydrogens is 727 g/mol. The molecule has 0 aromatic heterocycles. The monoisotopic (exact) mass is 775 g/mol. The van der Waals surface area contributed by atoms with E-state index in [0.29, 0.717) is 43.1 Å². The standard InChI is InChI=1S/C44H49N3O8Si/c1-28-41(56(4,5)36-16-13-34(52-2)14-17-36)39(24-40(49)46-26-31-11-7-6-10-30(31)22-33(46)27-48)55-44(28)37-23-35(53-3)15-18-38(37)47(42(44)50)25-29-9-8-12-32(21-29)45-19-20-54-43(45)51/h6-18,21,23,28,33,39,41,48H,19-20,22,24-27H2,1-5H3/t28-,33-,39+,41-,44+/m0/s1. The van der Waals surface area contributed by atoms with Crippen molar-refractivity contribution in [3.8, 4) is 11.5 Å². The topological polar surface area (TPSA) is 118 Å². The third kappa shape index (κ3) is 6.24. The number of hydrogen-bond donors (Lipinski definition) is 1. The van der Waals surface area contributed by atoms with Crippen LogP contribution in [0.4, 0.5) is 16.2 Å². The van der Waals surface area contributed by atoms with Crippen LogP contribution in [0.3, 0.4) is 0 Å². The zero-order valence-corrected chi connectivity index (χ0v) is 33.6. The first kappa shape index (κ1) is 37.7. The maximum absolute atomic E-state index is 15.4. The molecule has 1 N–H and O–H groups in total. The van der Waals surface area contributed by atoms with Crippen LogP contribution in [-0.4, -0.2) is 82.1 Å². The molecule has 12 heteroatoms. The summed E-state index contributed by atoms with van der Waals surface area (Å²) in [4.78, 5) is 47.6. The minimum Gasteiger partial charge on any atom is -0.497 e. The van der Waals surface area contributed by atoms with E-state index < -0.39 is 25.9 Å². The Balaban J connectivity index is 1.19. The van der Waals surface area contributed by atoms with Gasteiger partial charge >= 0.3 is 6.09 Å². The predicted octanol–water partition coefficient (Wildman–Crippen LogP) is 5.76. The SMILES string of the molecule is COc1ccc([Si](C)(C)[C@@H]2[C@@H](CC(=O)N3Cc4ccccc4C[C@H]3CO)O[C@]3(C(=O)N(Cc4cccc(N5CCOC5=O)c4)c4ccc(OC)cc43)[C@H]2C)cc1. The molecule has 56 heavy (non-hydrogen) atoms. The Morgan fingerprint density at radius 2 is 1.66 bits per heavy atom. The summed E-state index contributed by atoms with van der Waals surface area (Å²) in [5, 5.41) is 11.7. The Kier molecular flexibility index (Phi) is 9.92. The van der Waals surface area contributed by atoms with Gasteiger partial charge in [0.15, 0.2) is 5.60 Å². The van der Waals surface area contributed by atoms with Crippen molar-refractivity contribution in [1.82, 2.24) is 4.90 Å². The molecule has 0 radical (unpaired) electrons. The van der Waals surface area contributed by atoms with Crippen LogP contribution in [0.25, 0.3) is 0 Å². The summed E-state index contributed by atoms with van der Waals surface area (Å²) in [5.74, 6) is 0.713. The molecule has 4 aromatic rings. The summed E-state index contributed by atoms with van der Waals surface area (Å²) in [5.41, 5.74) is 3.62. The summed E-state index contributed by atoms with van der Waals surface area (Å²) in [6.45, 7) is 7.97. The number of carbonyl (C=O) groups excluding carboxylic acids is 3. The lowest BCUT2D eigenvalue weighted by molar-refractivity contribution is -0.151. The second-order valence-electron chi connectivity index (χ2n) is 15.9. The number of nitrogens with zero attached hydrogens (tertiary/aromatic N) is 3. The van der Waals surface area contributed by atoms with Crippen LogP contribution in [0.5, 0.6) is 11.5 Å². The van der Waals surface area contributed by atoms with Gasteiger partial charge in [0, 0.05) is 23.7 Å². The molecule has 292 valence electrons. The third-order valence-corrected chi connectivity index (χ3v) is 17.0. The van der Waals surface area contributed by atoms with Crippen molar-refractivity contribution in [3.63, 3.8) is 0 Å². The van der Waals surface area contributed by atoms with E-state index in [2.05, 4.69) is 38.2 Å². The van der Waals surface area contributed by atoms with Gasteiger partial charge in [0.05, 0.1) is 66.2 Å². The zero-order chi connectivity index (χ0) is 39.4. The van der Waals surface area contributed by atoms with E-state index in [1.807, 2.05) is 72.8 Å². The predicted molar refractivity (Wildman–Crippen MR) is 215 cm³/mol. The van der Waals surface area contributed by atoms with Crippen LogP contribution in [0.15, 0.2) is 91.0 Å². The number of ether oxygens (including phenoxy) is 4. The molecule has 0 saturated carbocycles. The summed E-state index contributed by atoms with van der Waals surface area (Å²) < 4.78 is 23.7. The number of rotatable bonds is 10. The number of aliphatic hydroxyl groups excluding tert-OH is 1. The number of amides is 3. The molecule has 5 atom stereocenters. The maximum Gasteiger partial charge on any atom is 0.414 e. The molecule has 4 aromatic carbocycles. The Morgan fingerprint density at radius 1 is 0.929 bits per heavy atom. The number of fused-ring (bicyclic) bond motifs is 3. The Morgan fingerprint density at radius 3 is 2.36 bits per heavy atom. The minimum atomic E-state index is -2.55. The minimum absolute atomic E-state index is 0.0581. The highest BCUT2D eigenvalue weighted by molar-refractivity contribution is 6.91. The van der Waals surface area contributed by atoms with E-state index in [1.54, 1.807) is 28.9 Å². The van der Waals surface area contributed by atoms with Crippen molar-refractivity contribution in [2.45, 2.75) is 69.2 Å². The largest absolute Gasteiger partial charge is 0.497 e. The molecule has 0 unspecified atom stereocenters. The fourth-order valence-corrected chi connectivity index (χ4v) is 13.8. The van der Waals surface area contributed by atoms with E-state index in [-0.39, 0.29) is 48.9 Å². The fourth-order valence-electron chi connectivity index (χ4n) is 9.74. The van der Waals surface area contributed by atoms with Crippen molar-refractivity contribution in [2.24, 2.45) is 5.92 Å². The summed E-state index contributed by atoms with van der Waals surface area (Å²) >= 11 is 0. The first-order valence-electron chi connectivity index (χ1n) is 19.3. The van der Waals surface area contributed by atoms with Crippen molar-refractivity contribution in [2.75, 3.05) is 43.8 Å². The van der Waals surface area contributed by atoms with Gasteiger partial charge in [-0.2, -0.15) is 0 Å². The number of methoxy groups -OCH3 is 2. The van der Waals surface area contributed by atoms with Crippen LogP contribution in [0, 0.1) is 5.92 Å². The molecule has 8 rings (SSSR count). The van der Waals surface area contributed by atoms with Crippen molar-refractivity contribution >= 4 is 42.5 Å². The second-order valence-corrected chi connectivity index (χ2v) is 20.6. The van der Waals surface area contributed by atoms with E-state index in [0.717, 1.165) is 28.1 Å². The normalized spacial score (nSPS) is 24.4. The molecule has 1 spiro atoms. The lowest BCUT2D eigenvalue weighted by atomic mass is 9.82. The molecule has 2 saturated heterocycles. The number of hydrogen-bond acceptors (Lipinski definition) is 8. The molecular formula is C44H49N3O8Si. The molecule has 4 heterocycles.